The van der Waals surface area contributed by atoms with Crippen LogP contribution < -0.4 is 9.64 Å². The quantitative estimate of drug-likeness (QED) is 0.626. The second-order valence-electron chi connectivity index (χ2n) is 9.01. The maximum absolute atomic E-state index is 5.58. The van der Waals surface area contributed by atoms with Gasteiger partial charge in [-0.3, -0.25) is 9.80 Å². The number of aryl methyl sites for hydroxylation is 1. The molecule has 0 saturated carbocycles. The van der Waals surface area contributed by atoms with Crippen molar-refractivity contribution in [3.05, 3.63) is 60.3 Å². The predicted octanol–water partition coefficient (Wildman–Crippen LogP) is 3.97. The number of hydrogen-bond donors (Lipinski definition) is 0. The molecule has 1 atom stereocenters. The fourth-order valence-electron chi connectivity index (χ4n) is 5.48. The number of anilines is 1. The van der Waals surface area contributed by atoms with Crippen molar-refractivity contribution in [1.29, 1.82) is 0 Å². The molecular weight excluding hydrogens is 384 g/mol. The van der Waals surface area contributed by atoms with E-state index in [4.69, 9.17) is 4.74 Å². The van der Waals surface area contributed by atoms with Crippen LogP contribution in [0.3, 0.4) is 0 Å². The molecule has 2 aliphatic heterocycles. The van der Waals surface area contributed by atoms with E-state index in [1.54, 1.807) is 7.11 Å². The third kappa shape index (κ3) is 4.17. The van der Waals surface area contributed by atoms with Gasteiger partial charge in [-0.2, -0.15) is 0 Å². The van der Waals surface area contributed by atoms with Gasteiger partial charge in [-0.15, -0.1) is 0 Å². The molecule has 3 aromatic rings. The molecule has 164 valence electrons. The molecule has 0 spiro atoms. The van der Waals surface area contributed by atoms with E-state index in [0.29, 0.717) is 6.04 Å². The molecule has 0 unspecified atom stereocenters. The van der Waals surface area contributed by atoms with Crippen molar-refractivity contribution >= 4 is 16.6 Å². The van der Waals surface area contributed by atoms with E-state index in [0.717, 1.165) is 38.5 Å². The van der Waals surface area contributed by atoms with E-state index in [1.165, 1.54) is 48.1 Å². The first-order chi connectivity index (χ1) is 15.2. The van der Waals surface area contributed by atoms with Crippen molar-refractivity contribution in [1.82, 2.24) is 14.4 Å². The molecule has 1 aromatic heterocycles. The Morgan fingerprint density at radius 3 is 2.55 bits per heavy atom. The maximum atomic E-state index is 5.58. The summed E-state index contributed by atoms with van der Waals surface area (Å²) in [6, 6.07) is 17.8. The van der Waals surface area contributed by atoms with E-state index in [-0.39, 0.29) is 0 Å². The Labute approximate surface area is 185 Å². The van der Waals surface area contributed by atoms with Crippen molar-refractivity contribution < 1.29 is 4.74 Å². The largest absolute Gasteiger partial charge is 0.495 e. The lowest BCUT2D eigenvalue weighted by atomic mass is 10.0. The smallest absolute Gasteiger partial charge is 0.142 e. The molecule has 0 aliphatic carbocycles. The number of nitrogens with zero attached hydrogens (tertiary/aromatic N) is 4. The van der Waals surface area contributed by atoms with E-state index in [2.05, 4.69) is 75.0 Å². The molecule has 0 radical (unpaired) electrons. The molecule has 0 N–H and O–H groups in total. The average Bonchev–Trinajstić information content (AvgIpc) is 3.14. The fraction of sp³-hybridized carbons (Fsp3) is 0.462. The van der Waals surface area contributed by atoms with Crippen LogP contribution >= 0.6 is 0 Å². The van der Waals surface area contributed by atoms with Gasteiger partial charge < -0.3 is 14.2 Å². The Kier molecular flexibility index (Phi) is 5.88. The van der Waals surface area contributed by atoms with Crippen molar-refractivity contribution in [3.8, 4) is 5.75 Å². The molecule has 5 nitrogen and oxygen atoms in total. The highest BCUT2D eigenvalue weighted by Crippen LogP contribution is 2.29. The molecule has 3 heterocycles. The number of piperazine rings is 1. The zero-order valence-corrected chi connectivity index (χ0v) is 18.8. The van der Waals surface area contributed by atoms with Gasteiger partial charge in [0.1, 0.15) is 5.75 Å². The number of methoxy groups -OCH3 is 1. The van der Waals surface area contributed by atoms with Gasteiger partial charge in [-0.25, -0.2) is 0 Å². The predicted molar refractivity (Wildman–Crippen MR) is 128 cm³/mol. The second-order valence-corrected chi connectivity index (χ2v) is 9.01. The second kappa shape index (κ2) is 8.93. The maximum Gasteiger partial charge on any atom is 0.142 e. The topological polar surface area (TPSA) is 23.9 Å². The zero-order valence-electron chi connectivity index (χ0n) is 18.8. The summed E-state index contributed by atoms with van der Waals surface area (Å²) in [6.45, 7) is 7.84. The number of fused-ring (bicyclic) bond motifs is 1. The minimum Gasteiger partial charge on any atom is -0.495 e. The minimum atomic E-state index is 0.670. The monoisotopic (exact) mass is 418 g/mol. The van der Waals surface area contributed by atoms with Crippen molar-refractivity contribution in [2.75, 3.05) is 51.3 Å². The van der Waals surface area contributed by atoms with Crippen LogP contribution in [0.2, 0.25) is 0 Å². The number of para-hydroxylation sites is 3. The van der Waals surface area contributed by atoms with Crippen LogP contribution in [0, 0.1) is 0 Å². The molecule has 31 heavy (non-hydrogen) atoms. The summed E-state index contributed by atoms with van der Waals surface area (Å²) in [5, 5.41) is 1.40. The van der Waals surface area contributed by atoms with Gasteiger partial charge in [0, 0.05) is 69.5 Å². The van der Waals surface area contributed by atoms with E-state index >= 15 is 0 Å². The SMILES string of the molecule is COc1ccccc1N1CCN([C@H]2CCCN(Cc3cn(C)c4ccccc34)C2)CC1. The normalized spacial score (nSPS) is 21.0. The third-order valence-electron chi connectivity index (χ3n) is 7.11. The number of likely N-dealkylation sites (tertiary alicyclic amines) is 1. The van der Waals surface area contributed by atoms with Gasteiger partial charge >= 0.3 is 0 Å². The van der Waals surface area contributed by atoms with Gasteiger partial charge in [0.2, 0.25) is 0 Å². The minimum absolute atomic E-state index is 0.670. The molecule has 2 aliphatic rings. The van der Waals surface area contributed by atoms with Crippen molar-refractivity contribution in [3.63, 3.8) is 0 Å². The van der Waals surface area contributed by atoms with Crippen LogP contribution in [0.4, 0.5) is 5.69 Å². The Bertz CT molecular complexity index is 1020. The summed E-state index contributed by atoms with van der Waals surface area (Å²) in [6.07, 6.45) is 4.93. The number of aromatic nitrogens is 1. The van der Waals surface area contributed by atoms with E-state index in [9.17, 15) is 0 Å². The molecule has 5 heteroatoms. The van der Waals surface area contributed by atoms with Crippen LogP contribution in [-0.4, -0.2) is 66.8 Å². The molecule has 0 amide bonds. The van der Waals surface area contributed by atoms with Crippen LogP contribution in [-0.2, 0) is 13.6 Å². The van der Waals surface area contributed by atoms with Gasteiger partial charge in [0.05, 0.1) is 12.8 Å². The Morgan fingerprint density at radius 2 is 1.71 bits per heavy atom. The van der Waals surface area contributed by atoms with Crippen molar-refractivity contribution in [2.24, 2.45) is 7.05 Å². The number of piperidine rings is 1. The lowest BCUT2D eigenvalue weighted by molar-refractivity contribution is 0.0889. The Hall–Kier alpha value is -2.50. The lowest BCUT2D eigenvalue weighted by Crippen LogP contribution is -2.55. The standard InChI is InChI=1S/C26H34N4O/c1-27-18-21(23-9-3-4-10-24(23)27)19-28-13-7-8-22(20-28)29-14-16-30(17-15-29)25-11-5-6-12-26(25)31-2/h3-6,9-12,18,22H,7-8,13-17,19-20H2,1-2H3/t22-/m0/s1. The number of hydrogen-bond acceptors (Lipinski definition) is 4. The van der Waals surface area contributed by atoms with Crippen LogP contribution in [0.25, 0.3) is 10.9 Å². The first kappa shape index (κ1) is 20.4. The third-order valence-corrected chi connectivity index (χ3v) is 7.11. The molecular formula is C26H34N4O. The summed E-state index contributed by atoms with van der Waals surface area (Å²) >= 11 is 0. The fourth-order valence-corrected chi connectivity index (χ4v) is 5.48. The summed E-state index contributed by atoms with van der Waals surface area (Å²) < 4.78 is 7.85. The highest BCUT2D eigenvalue weighted by molar-refractivity contribution is 5.83. The summed E-state index contributed by atoms with van der Waals surface area (Å²) in [5.41, 5.74) is 4.02. The Morgan fingerprint density at radius 1 is 0.935 bits per heavy atom. The number of ether oxygens (including phenoxy) is 1. The zero-order chi connectivity index (χ0) is 21.2. The number of rotatable bonds is 5. The molecule has 2 fully saturated rings. The van der Waals surface area contributed by atoms with Gasteiger partial charge in [0.15, 0.2) is 0 Å². The van der Waals surface area contributed by atoms with E-state index in [1.807, 2.05) is 6.07 Å². The first-order valence-corrected chi connectivity index (χ1v) is 11.6. The number of benzene rings is 2. The lowest BCUT2D eigenvalue weighted by Gasteiger charge is -2.44. The van der Waals surface area contributed by atoms with Gasteiger partial charge in [-0.05, 0) is 43.1 Å². The molecule has 0 bridgehead atoms. The molecule has 2 saturated heterocycles. The summed E-state index contributed by atoms with van der Waals surface area (Å²) in [5.74, 6) is 0.981. The average molecular weight is 419 g/mol. The first-order valence-electron chi connectivity index (χ1n) is 11.6. The van der Waals surface area contributed by atoms with Crippen molar-refractivity contribution in [2.45, 2.75) is 25.4 Å². The van der Waals surface area contributed by atoms with Crippen LogP contribution in [0.5, 0.6) is 5.75 Å². The van der Waals surface area contributed by atoms with Gasteiger partial charge in [-0.1, -0.05) is 30.3 Å². The highest BCUT2D eigenvalue weighted by Gasteiger charge is 2.29. The van der Waals surface area contributed by atoms with E-state index < -0.39 is 0 Å². The summed E-state index contributed by atoms with van der Waals surface area (Å²) in [7, 11) is 3.92. The highest BCUT2D eigenvalue weighted by atomic mass is 16.5. The van der Waals surface area contributed by atoms with Gasteiger partial charge in [0.25, 0.3) is 0 Å². The molecule has 2 aromatic carbocycles. The van der Waals surface area contributed by atoms with Crippen LogP contribution in [0.1, 0.15) is 18.4 Å². The Balaban J connectivity index is 1.21. The molecule has 5 rings (SSSR count). The van der Waals surface area contributed by atoms with Crippen LogP contribution in [0.15, 0.2) is 54.7 Å². The summed E-state index contributed by atoms with van der Waals surface area (Å²) in [4.78, 5) is 7.87.